The molecule has 46 heavy (non-hydrogen) atoms. The summed E-state index contributed by atoms with van der Waals surface area (Å²) < 4.78 is 34.8. The van der Waals surface area contributed by atoms with Crippen LogP contribution in [0, 0.1) is 0 Å². The van der Waals surface area contributed by atoms with Crippen molar-refractivity contribution in [2.24, 2.45) is 0 Å². The van der Waals surface area contributed by atoms with E-state index in [9.17, 15) is 22.8 Å². The van der Waals surface area contributed by atoms with Crippen LogP contribution in [0.4, 0.5) is 4.79 Å². The van der Waals surface area contributed by atoms with E-state index in [1.165, 1.54) is 13.8 Å². The molecule has 3 amide bonds. The fourth-order valence-electron chi connectivity index (χ4n) is 5.22. The van der Waals surface area contributed by atoms with Gasteiger partial charge >= 0.3 is 6.09 Å². The number of hydrogen-bond donors (Lipinski definition) is 3. The highest BCUT2D eigenvalue weighted by atomic mass is 35.5. The fourth-order valence-corrected chi connectivity index (χ4v) is 7.33. The van der Waals surface area contributed by atoms with Crippen LogP contribution in [-0.4, -0.2) is 67.0 Å². The number of carbonyl (C=O) groups excluding carboxylic acids is 3. The first-order valence-corrected chi connectivity index (χ1v) is 17.3. The second-order valence-corrected chi connectivity index (χ2v) is 15.6. The minimum Gasteiger partial charge on any atom is -0.444 e. The lowest BCUT2D eigenvalue weighted by atomic mass is 9.92. The number of aryl methyl sites for hydroxylation is 1. The van der Waals surface area contributed by atoms with E-state index >= 15 is 0 Å². The molecular weight excluding hydrogens is 628 g/mol. The monoisotopic (exact) mass is 674 g/mol. The van der Waals surface area contributed by atoms with Gasteiger partial charge in [0.25, 0.3) is 0 Å². The number of hydrogen-bond acceptors (Lipinski definition) is 6. The number of sulfonamides is 1. The number of nitrogens with zero attached hydrogens (tertiary/aromatic N) is 1. The summed E-state index contributed by atoms with van der Waals surface area (Å²) in [6, 6.07) is 15.4. The number of rotatable bonds is 12. The van der Waals surface area contributed by atoms with Crippen molar-refractivity contribution >= 4 is 44.4 Å². The molecule has 10 nitrogen and oxygen atoms in total. The third-order valence-corrected chi connectivity index (χ3v) is 9.67. The number of carbonyl (C=O) groups is 3. The Bertz CT molecular complexity index is 1550. The summed E-state index contributed by atoms with van der Waals surface area (Å²) in [7, 11) is -3.89. The molecule has 1 aliphatic rings. The van der Waals surface area contributed by atoms with Gasteiger partial charge in [0, 0.05) is 18.1 Å². The third-order valence-electron chi connectivity index (χ3n) is 7.62. The molecule has 2 aromatic rings. The molecule has 0 bridgehead atoms. The quantitative estimate of drug-likeness (QED) is 0.275. The van der Waals surface area contributed by atoms with Crippen LogP contribution in [-0.2, 0) is 30.8 Å². The van der Waals surface area contributed by atoms with E-state index in [2.05, 4.69) is 15.4 Å². The summed E-state index contributed by atoms with van der Waals surface area (Å²) >= 11 is 6.08. The molecule has 3 N–H and O–H groups in total. The Labute approximate surface area is 278 Å². The van der Waals surface area contributed by atoms with Crippen LogP contribution in [0.15, 0.2) is 60.2 Å². The van der Waals surface area contributed by atoms with Crippen molar-refractivity contribution < 1.29 is 27.5 Å². The van der Waals surface area contributed by atoms with Gasteiger partial charge in [0.15, 0.2) is 0 Å². The zero-order valence-electron chi connectivity index (χ0n) is 28.0. The van der Waals surface area contributed by atoms with Gasteiger partial charge in [-0.15, -0.1) is 0 Å². The molecule has 2 aromatic carbocycles. The molecule has 0 aromatic heterocycles. The molecule has 1 atom stereocenters. The predicted octanol–water partition coefficient (Wildman–Crippen LogP) is 5.42. The Morgan fingerprint density at radius 1 is 1.00 bits per heavy atom. The highest BCUT2D eigenvalue weighted by Gasteiger charge is 2.44. The first-order valence-electron chi connectivity index (χ1n) is 15.4. The van der Waals surface area contributed by atoms with Crippen molar-refractivity contribution in [1.82, 2.24) is 20.3 Å². The van der Waals surface area contributed by atoms with Gasteiger partial charge in [-0.25, -0.2) is 17.9 Å². The van der Waals surface area contributed by atoms with E-state index in [1.807, 2.05) is 30.3 Å². The Hall–Kier alpha value is -3.41. The maximum Gasteiger partial charge on any atom is 0.408 e. The van der Waals surface area contributed by atoms with E-state index in [4.69, 9.17) is 16.3 Å². The Balaban J connectivity index is 1.92. The predicted molar refractivity (Wildman–Crippen MR) is 182 cm³/mol. The van der Waals surface area contributed by atoms with Gasteiger partial charge in [-0.1, -0.05) is 54.1 Å². The Kier molecular flexibility index (Phi) is 11.7. The van der Waals surface area contributed by atoms with Crippen molar-refractivity contribution in [3.8, 4) is 0 Å². The van der Waals surface area contributed by atoms with Gasteiger partial charge in [-0.2, -0.15) is 0 Å². The second kappa shape index (κ2) is 14.6. The number of ether oxygens (including phenoxy) is 1. The van der Waals surface area contributed by atoms with Crippen molar-refractivity contribution in [1.29, 1.82) is 0 Å². The van der Waals surface area contributed by atoms with Gasteiger partial charge in [-0.3, -0.25) is 9.59 Å². The first-order chi connectivity index (χ1) is 21.3. The number of likely N-dealkylation sites (N-methyl/N-ethyl adjacent to an activating group) is 1. The molecule has 12 heteroatoms. The number of nitrogens with one attached hydrogen (secondary N) is 3. The maximum atomic E-state index is 14.2. The number of benzene rings is 2. The van der Waals surface area contributed by atoms with Crippen molar-refractivity contribution in [3.63, 3.8) is 0 Å². The lowest BCUT2D eigenvalue weighted by Gasteiger charge is -2.33. The molecule has 0 saturated carbocycles. The highest BCUT2D eigenvalue weighted by Crippen LogP contribution is 2.38. The molecule has 0 fully saturated rings. The second-order valence-electron chi connectivity index (χ2n) is 13.6. The van der Waals surface area contributed by atoms with Gasteiger partial charge < -0.3 is 20.3 Å². The van der Waals surface area contributed by atoms with Crippen LogP contribution in [0.1, 0.15) is 79.4 Å². The Morgan fingerprint density at radius 3 is 2.17 bits per heavy atom. The Morgan fingerprint density at radius 2 is 1.61 bits per heavy atom. The molecule has 0 unspecified atom stereocenters. The molecule has 0 spiro atoms. The van der Waals surface area contributed by atoms with E-state index < -0.39 is 44.7 Å². The summed E-state index contributed by atoms with van der Waals surface area (Å²) in [5.74, 6) is -0.918. The van der Waals surface area contributed by atoms with Crippen molar-refractivity contribution in [2.45, 2.75) is 97.4 Å². The summed E-state index contributed by atoms with van der Waals surface area (Å²) in [5.41, 5.74) is -1.06. The molecule has 3 rings (SSSR count). The SMILES string of the molecule is CCN(CC1=C(c2ccc(Cl)cc2)S(=O)(=O)NC1(C)C)C(=O)[C@@H](CCCc1ccccc1)NC(=O)C(C)(C)NC(=O)OC(C)(C)C. The fraction of sp³-hybridized carbons (Fsp3) is 0.500. The molecule has 1 heterocycles. The van der Waals surface area contributed by atoms with E-state index in [0.29, 0.717) is 35.4 Å². The van der Waals surface area contributed by atoms with Crippen LogP contribution >= 0.6 is 11.6 Å². The lowest BCUT2D eigenvalue weighted by molar-refractivity contribution is -0.137. The number of halogens is 1. The third kappa shape index (κ3) is 9.80. The average molecular weight is 675 g/mol. The van der Waals surface area contributed by atoms with Gasteiger partial charge in [0.05, 0.1) is 10.4 Å². The van der Waals surface area contributed by atoms with Crippen LogP contribution < -0.4 is 15.4 Å². The maximum absolute atomic E-state index is 14.2. The number of alkyl carbamates (subject to hydrolysis) is 1. The normalized spacial score (nSPS) is 16.5. The molecule has 0 saturated heterocycles. The summed E-state index contributed by atoms with van der Waals surface area (Å²) in [6.45, 7) is 13.8. The zero-order valence-corrected chi connectivity index (χ0v) is 29.6. The standard InChI is InChI=1S/C34H47ClN4O6S/c1-9-39(22-26-28(24-18-20-25(35)21-19-24)46(43,44)38-33(26,5)6)29(40)27(17-13-16-23-14-11-10-12-15-23)36-30(41)34(7,8)37-31(42)45-32(2,3)4/h10-12,14-15,18-21,27,38H,9,13,16-17,22H2,1-8H3,(H,36,41)(H,37,42)/t27-/m1/s1. The smallest absolute Gasteiger partial charge is 0.408 e. The summed E-state index contributed by atoms with van der Waals surface area (Å²) in [5, 5.41) is 5.94. The van der Waals surface area contributed by atoms with Crippen molar-refractivity contribution in [3.05, 3.63) is 76.3 Å². The van der Waals surface area contributed by atoms with Crippen LogP contribution in [0.2, 0.25) is 5.02 Å². The van der Waals surface area contributed by atoms with Crippen molar-refractivity contribution in [2.75, 3.05) is 13.1 Å². The average Bonchev–Trinajstić information content (AvgIpc) is 3.12. The van der Waals surface area contributed by atoms with Gasteiger partial charge in [0.1, 0.15) is 17.2 Å². The molecule has 252 valence electrons. The van der Waals surface area contributed by atoms with Gasteiger partial charge in [-0.05, 0) is 103 Å². The van der Waals surface area contributed by atoms with E-state index in [-0.39, 0.29) is 23.9 Å². The lowest BCUT2D eigenvalue weighted by Crippen LogP contribution is -2.60. The summed E-state index contributed by atoms with van der Waals surface area (Å²) in [6.07, 6.45) is 0.848. The zero-order chi connectivity index (χ0) is 34.5. The minimum absolute atomic E-state index is 0.0110. The molecule has 0 radical (unpaired) electrons. The van der Waals surface area contributed by atoms with E-state index in [0.717, 1.165) is 5.56 Å². The first kappa shape index (κ1) is 37.1. The summed E-state index contributed by atoms with van der Waals surface area (Å²) in [4.78, 5) is 41.9. The minimum atomic E-state index is -3.89. The highest BCUT2D eigenvalue weighted by molar-refractivity contribution is 7.99. The largest absolute Gasteiger partial charge is 0.444 e. The van der Waals surface area contributed by atoms with Crippen LogP contribution in [0.5, 0.6) is 0 Å². The van der Waals surface area contributed by atoms with Crippen LogP contribution in [0.25, 0.3) is 4.91 Å². The molecule has 0 aliphatic carbocycles. The molecule has 1 aliphatic heterocycles. The van der Waals surface area contributed by atoms with Gasteiger partial charge in [0.2, 0.25) is 21.8 Å². The topological polar surface area (TPSA) is 134 Å². The number of amides is 3. The molecular formula is C34H47ClN4O6S. The van der Waals surface area contributed by atoms with E-state index in [1.54, 1.807) is 70.7 Å². The van der Waals surface area contributed by atoms with Crippen LogP contribution in [0.3, 0.4) is 0 Å².